The second-order valence-corrected chi connectivity index (χ2v) is 5.10. The third-order valence-electron chi connectivity index (χ3n) is 3.22. The minimum Gasteiger partial charge on any atom is -0.474 e. The molecule has 1 fully saturated rings. The van der Waals surface area contributed by atoms with Crippen LogP contribution in [0.25, 0.3) is 0 Å². The number of ether oxygens (including phenoxy) is 1. The maximum atomic E-state index is 12.2. The molecule has 2 aliphatic heterocycles. The monoisotopic (exact) mass is 311 g/mol. The fraction of sp³-hybridized carbons (Fsp3) is 0.364. The summed E-state index contributed by atoms with van der Waals surface area (Å²) < 4.78 is 6.85. The average Bonchev–Trinajstić information content (AvgIpc) is 2.54. The Morgan fingerprint density at radius 3 is 3.06 bits per heavy atom. The van der Waals surface area contributed by atoms with Gasteiger partial charge in [-0.05, 0) is 19.1 Å². The van der Waals surface area contributed by atoms with Crippen molar-refractivity contribution in [1.82, 2.24) is 14.2 Å². The van der Waals surface area contributed by atoms with Crippen molar-refractivity contribution in [2.45, 2.75) is 25.0 Å². The molecule has 1 saturated heterocycles. The van der Waals surface area contributed by atoms with Crippen molar-refractivity contribution >= 4 is 28.1 Å². The fourth-order valence-electron chi connectivity index (χ4n) is 2.47. The van der Waals surface area contributed by atoms with Gasteiger partial charge in [-0.15, -0.1) is 0 Å². The number of rotatable bonds is 0. The molecule has 2 aliphatic rings. The van der Waals surface area contributed by atoms with E-state index in [-0.39, 0.29) is 12.0 Å². The van der Waals surface area contributed by atoms with Crippen molar-refractivity contribution in [3.63, 3.8) is 0 Å². The van der Waals surface area contributed by atoms with Gasteiger partial charge in [0, 0.05) is 12.6 Å². The first-order chi connectivity index (χ1) is 8.55. The van der Waals surface area contributed by atoms with Gasteiger partial charge in [0.25, 0.3) is 5.91 Å². The summed E-state index contributed by atoms with van der Waals surface area (Å²) in [6.45, 7) is 1.84. The SMILES string of the molecule is CC1CC2(C(=O)NC(=O)N2Br)c2cccnc2O1. The van der Waals surface area contributed by atoms with Crippen LogP contribution < -0.4 is 10.1 Å². The first-order valence-corrected chi connectivity index (χ1v) is 6.20. The quantitative estimate of drug-likeness (QED) is 0.579. The van der Waals surface area contributed by atoms with E-state index in [0.29, 0.717) is 17.9 Å². The number of urea groups is 1. The summed E-state index contributed by atoms with van der Waals surface area (Å²) in [6, 6.07) is 3.00. The largest absolute Gasteiger partial charge is 0.474 e. The van der Waals surface area contributed by atoms with Crippen LogP contribution in [0.1, 0.15) is 18.9 Å². The highest BCUT2D eigenvalue weighted by Crippen LogP contribution is 2.46. The van der Waals surface area contributed by atoms with E-state index in [9.17, 15) is 9.59 Å². The molecular formula is C11H10BrN3O3. The number of hydrogen-bond donors (Lipinski definition) is 1. The third-order valence-corrected chi connectivity index (χ3v) is 4.15. The summed E-state index contributed by atoms with van der Waals surface area (Å²) in [5.74, 6) is 0.0410. The molecule has 0 bridgehead atoms. The zero-order chi connectivity index (χ0) is 12.9. The van der Waals surface area contributed by atoms with Gasteiger partial charge in [-0.3, -0.25) is 10.1 Å². The number of nitrogens with zero attached hydrogens (tertiary/aromatic N) is 2. The maximum Gasteiger partial charge on any atom is 0.335 e. The second-order valence-electron chi connectivity index (χ2n) is 4.39. The number of carbonyl (C=O) groups excluding carboxylic acids is 2. The predicted molar refractivity (Wildman–Crippen MR) is 64.9 cm³/mol. The smallest absolute Gasteiger partial charge is 0.335 e. The lowest BCUT2D eigenvalue weighted by Gasteiger charge is -2.38. The number of nitrogens with one attached hydrogen (secondary N) is 1. The molecule has 3 amide bonds. The van der Waals surface area contributed by atoms with Crippen LogP contribution in [-0.4, -0.2) is 27.0 Å². The van der Waals surface area contributed by atoms with Crippen molar-refractivity contribution in [1.29, 1.82) is 0 Å². The van der Waals surface area contributed by atoms with E-state index in [4.69, 9.17) is 4.74 Å². The third kappa shape index (κ3) is 1.30. The molecule has 94 valence electrons. The van der Waals surface area contributed by atoms with Crippen LogP contribution >= 0.6 is 16.1 Å². The molecule has 0 saturated carbocycles. The molecule has 2 atom stereocenters. The summed E-state index contributed by atoms with van der Waals surface area (Å²) in [4.78, 5) is 28.0. The molecular weight excluding hydrogens is 302 g/mol. The van der Waals surface area contributed by atoms with Crippen LogP contribution in [0.3, 0.4) is 0 Å². The molecule has 1 N–H and O–H groups in total. The Labute approximate surface area is 112 Å². The maximum absolute atomic E-state index is 12.2. The number of fused-ring (bicyclic) bond motifs is 2. The molecule has 18 heavy (non-hydrogen) atoms. The lowest BCUT2D eigenvalue weighted by Crippen LogP contribution is -2.48. The zero-order valence-electron chi connectivity index (χ0n) is 9.51. The Hall–Kier alpha value is -1.63. The van der Waals surface area contributed by atoms with Gasteiger partial charge < -0.3 is 4.74 Å². The van der Waals surface area contributed by atoms with Gasteiger partial charge in [-0.1, -0.05) is 0 Å². The lowest BCUT2D eigenvalue weighted by atomic mass is 9.83. The van der Waals surface area contributed by atoms with Crippen LogP contribution in [0.5, 0.6) is 5.88 Å². The number of hydrogen-bond acceptors (Lipinski definition) is 4. The highest BCUT2D eigenvalue weighted by atomic mass is 79.9. The van der Waals surface area contributed by atoms with Crippen LogP contribution in [0.4, 0.5) is 4.79 Å². The van der Waals surface area contributed by atoms with E-state index in [1.165, 1.54) is 3.93 Å². The van der Waals surface area contributed by atoms with Gasteiger partial charge in [0.15, 0.2) is 5.54 Å². The molecule has 6 nitrogen and oxygen atoms in total. The Morgan fingerprint density at radius 2 is 2.39 bits per heavy atom. The van der Waals surface area contributed by atoms with Gasteiger partial charge in [0.2, 0.25) is 5.88 Å². The molecule has 1 aromatic heterocycles. The zero-order valence-corrected chi connectivity index (χ0v) is 11.1. The van der Waals surface area contributed by atoms with Crippen molar-refractivity contribution in [3.8, 4) is 5.88 Å². The molecule has 1 aromatic rings. The van der Waals surface area contributed by atoms with Crippen LogP contribution in [-0.2, 0) is 10.3 Å². The molecule has 0 aromatic carbocycles. The molecule has 0 aliphatic carbocycles. The van der Waals surface area contributed by atoms with Gasteiger partial charge in [0.1, 0.15) is 6.10 Å². The molecule has 7 heteroatoms. The molecule has 1 spiro atoms. The van der Waals surface area contributed by atoms with Gasteiger partial charge in [-0.25, -0.2) is 13.7 Å². The van der Waals surface area contributed by atoms with Gasteiger partial charge in [-0.2, -0.15) is 0 Å². The minimum absolute atomic E-state index is 0.205. The number of aromatic nitrogens is 1. The van der Waals surface area contributed by atoms with Crippen molar-refractivity contribution in [2.75, 3.05) is 0 Å². The van der Waals surface area contributed by atoms with E-state index in [1.54, 1.807) is 18.3 Å². The molecule has 0 radical (unpaired) electrons. The summed E-state index contributed by atoms with van der Waals surface area (Å²) in [6.07, 6.45) is 1.77. The predicted octanol–water partition coefficient (Wildman–Crippen LogP) is 1.31. The van der Waals surface area contributed by atoms with Crippen LogP contribution in [0.15, 0.2) is 18.3 Å². The van der Waals surface area contributed by atoms with E-state index >= 15 is 0 Å². The Morgan fingerprint density at radius 1 is 1.61 bits per heavy atom. The number of imide groups is 1. The first kappa shape index (κ1) is 11.5. The lowest BCUT2D eigenvalue weighted by molar-refractivity contribution is -0.127. The van der Waals surface area contributed by atoms with Gasteiger partial charge in [0.05, 0.1) is 21.7 Å². The van der Waals surface area contributed by atoms with Crippen molar-refractivity contribution < 1.29 is 14.3 Å². The van der Waals surface area contributed by atoms with E-state index in [2.05, 4.69) is 26.4 Å². The van der Waals surface area contributed by atoms with Gasteiger partial charge >= 0.3 is 6.03 Å². The molecule has 3 heterocycles. The standard InChI is InChI=1S/C11H10BrN3O3/c1-6-5-11(9(16)14-10(17)15(11)12)7-3-2-4-13-8(7)18-6/h2-4,6H,5H2,1H3,(H,14,16,17). The summed E-state index contributed by atoms with van der Waals surface area (Å²) in [5, 5.41) is 2.31. The highest BCUT2D eigenvalue weighted by Gasteiger charge is 2.58. The Balaban J connectivity index is 2.23. The Bertz CT molecular complexity index is 550. The fourth-order valence-corrected chi connectivity index (χ4v) is 3.06. The number of pyridine rings is 1. The number of amides is 3. The second kappa shape index (κ2) is 3.68. The van der Waals surface area contributed by atoms with Crippen molar-refractivity contribution in [2.24, 2.45) is 0 Å². The van der Waals surface area contributed by atoms with E-state index in [1.807, 2.05) is 6.92 Å². The average molecular weight is 312 g/mol. The van der Waals surface area contributed by atoms with Crippen LogP contribution in [0, 0.1) is 0 Å². The first-order valence-electron chi connectivity index (χ1n) is 5.49. The highest BCUT2D eigenvalue weighted by molar-refractivity contribution is 9.07. The number of carbonyl (C=O) groups is 2. The molecule has 2 unspecified atom stereocenters. The van der Waals surface area contributed by atoms with Crippen LogP contribution in [0.2, 0.25) is 0 Å². The Kier molecular flexibility index (Phi) is 2.34. The summed E-state index contributed by atoms with van der Waals surface area (Å²) in [5.41, 5.74) is -0.471. The van der Waals surface area contributed by atoms with E-state index < -0.39 is 11.6 Å². The molecule has 3 rings (SSSR count). The van der Waals surface area contributed by atoms with E-state index in [0.717, 1.165) is 0 Å². The topological polar surface area (TPSA) is 71.5 Å². The summed E-state index contributed by atoms with van der Waals surface area (Å²) >= 11 is 3.18. The normalized spacial score (nSPS) is 30.1. The summed E-state index contributed by atoms with van der Waals surface area (Å²) in [7, 11) is 0. The number of halogens is 1. The minimum atomic E-state index is -1.07. The van der Waals surface area contributed by atoms with Crippen molar-refractivity contribution in [3.05, 3.63) is 23.9 Å².